The number of fused-ring (bicyclic) bond motifs is 1. The number of hydrogen-bond acceptors (Lipinski definition) is 6. The van der Waals surface area contributed by atoms with Crippen molar-refractivity contribution in [3.8, 4) is 11.5 Å². The van der Waals surface area contributed by atoms with Crippen LogP contribution in [0.3, 0.4) is 0 Å². The molecule has 0 spiro atoms. The van der Waals surface area contributed by atoms with Gasteiger partial charge in [-0.3, -0.25) is 19.3 Å². The number of phenols is 1. The Kier molecular flexibility index (Phi) is 8.72. The standard InChI is InChI=1S/C32H38N2O6/c1-39-25-15-12-23(13-16-25)34(29(36)18-21-8-4-2-5-9-21)30(32(38)33-22-10-6-3-7-11-22)27-20-40-28-17-14-24(35)19-26(28)31(27)37/h12-17,19-22,30,35H,2-11,18H2,1H3,(H,33,38). The van der Waals surface area contributed by atoms with Gasteiger partial charge < -0.3 is 19.6 Å². The SMILES string of the molecule is COc1ccc(N(C(=O)CC2CCCCC2)C(C(=O)NC2CCCCC2)c2coc3ccc(O)cc3c2=O)cc1. The Morgan fingerprint density at radius 1 is 1.00 bits per heavy atom. The maximum absolute atomic E-state index is 14.1. The topological polar surface area (TPSA) is 109 Å². The van der Waals surface area contributed by atoms with Gasteiger partial charge in [0.05, 0.1) is 18.1 Å². The summed E-state index contributed by atoms with van der Waals surface area (Å²) in [7, 11) is 1.57. The van der Waals surface area contributed by atoms with Crippen LogP contribution in [0.1, 0.15) is 82.2 Å². The molecule has 0 bridgehead atoms. The van der Waals surface area contributed by atoms with E-state index in [0.717, 1.165) is 57.8 Å². The van der Waals surface area contributed by atoms with Gasteiger partial charge in [-0.05, 0) is 74.1 Å². The number of phenolic OH excluding ortho intramolecular Hbond substituents is 1. The number of aromatic hydroxyl groups is 1. The third-order valence-electron chi connectivity index (χ3n) is 8.34. The van der Waals surface area contributed by atoms with E-state index in [2.05, 4.69) is 5.32 Å². The lowest BCUT2D eigenvalue weighted by atomic mass is 9.86. The molecule has 40 heavy (non-hydrogen) atoms. The summed E-state index contributed by atoms with van der Waals surface area (Å²) in [6, 6.07) is 10.0. The van der Waals surface area contributed by atoms with Gasteiger partial charge in [0.2, 0.25) is 11.8 Å². The highest BCUT2D eigenvalue weighted by Gasteiger charge is 2.37. The zero-order valence-electron chi connectivity index (χ0n) is 23.1. The van der Waals surface area contributed by atoms with Crippen LogP contribution in [0.4, 0.5) is 5.69 Å². The second kappa shape index (κ2) is 12.6. The molecule has 0 saturated heterocycles. The molecular formula is C32H38N2O6. The summed E-state index contributed by atoms with van der Waals surface area (Å²) < 4.78 is 11.1. The van der Waals surface area contributed by atoms with E-state index in [1.807, 2.05) is 0 Å². The highest BCUT2D eigenvalue weighted by molar-refractivity contribution is 6.01. The maximum Gasteiger partial charge on any atom is 0.248 e. The number of rotatable bonds is 8. The van der Waals surface area contributed by atoms with E-state index < -0.39 is 17.4 Å². The van der Waals surface area contributed by atoms with Crippen molar-refractivity contribution in [2.75, 3.05) is 12.0 Å². The molecule has 2 amide bonds. The molecule has 1 heterocycles. The molecule has 3 aromatic rings. The van der Waals surface area contributed by atoms with Crippen molar-refractivity contribution in [3.05, 3.63) is 64.5 Å². The Balaban J connectivity index is 1.61. The van der Waals surface area contributed by atoms with Crippen molar-refractivity contribution in [1.29, 1.82) is 0 Å². The number of carbonyl (C=O) groups excluding carboxylic acids is 2. The van der Waals surface area contributed by atoms with E-state index in [1.165, 1.54) is 35.8 Å². The Labute approximate surface area is 234 Å². The molecule has 1 aromatic heterocycles. The van der Waals surface area contributed by atoms with E-state index in [9.17, 15) is 19.5 Å². The highest BCUT2D eigenvalue weighted by Crippen LogP contribution is 2.34. The fourth-order valence-electron chi connectivity index (χ4n) is 6.16. The largest absolute Gasteiger partial charge is 0.508 e. The van der Waals surface area contributed by atoms with Crippen LogP contribution in [0.2, 0.25) is 0 Å². The normalized spacial score (nSPS) is 17.3. The molecule has 0 aliphatic heterocycles. The lowest BCUT2D eigenvalue weighted by molar-refractivity contribution is -0.127. The molecule has 2 aliphatic carbocycles. The van der Waals surface area contributed by atoms with Crippen LogP contribution in [-0.2, 0) is 9.59 Å². The molecule has 212 valence electrons. The number of benzene rings is 2. The predicted octanol–water partition coefficient (Wildman–Crippen LogP) is 6.00. The molecule has 2 saturated carbocycles. The molecule has 2 aliphatic rings. The second-order valence-electron chi connectivity index (χ2n) is 11.1. The molecule has 2 fully saturated rings. The van der Waals surface area contributed by atoms with Gasteiger partial charge in [-0.25, -0.2) is 0 Å². The summed E-state index contributed by atoms with van der Waals surface area (Å²) in [5, 5.41) is 13.4. The second-order valence-corrected chi connectivity index (χ2v) is 11.1. The van der Waals surface area contributed by atoms with Gasteiger partial charge >= 0.3 is 0 Å². The number of amides is 2. The maximum atomic E-state index is 14.1. The Morgan fingerprint density at radius 2 is 1.68 bits per heavy atom. The van der Waals surface area contributed by atoms with Gasteiger partial charge in [-0.15, -0.1) is 0 Å². The van der Waals surface area contributed by atoms with Crippen LogP contribution in [0.25, 0.3) is 11.0 Å². The van der Waals surface area contributed by atoms with E-state index in [-0.39, 0.29) is 34.6 Å². The molecule has 0 radical (unpaired) electrons. The summed E-state index contributed by atoms with van der Waals surface area (Å²) in [4.78, 5) is 43.6. The highest BCUT2D eigenvalue weighted by atomic mass is 16.5. The molecule has 1 unspecified atom stereocenters. The molecular weight excluding hydrogens is 508 g/mol. The molecule has 8 heteroatoms. The first-order chi connectivity index (χ1) is 19.4. The minimum atomic E-state index is -1.24. The number of hydrogen-bond donors (Lipinski definition) is 2. The predicted molar refractivity (Wildman–Crippen MR) is 154 cm³/mol. The zero-order valence-corrected chi connectivity index (χ0v) is 23.1. The fraction of sp³-hybridized carbons (Fsp3) is 0.469. The summed E-state index contributed by atoms with van der Waals surface area (Å²) in [6.45, 7) is 0. The van der Waals surface area contributed by atoms with Gasteiger partial charge in [0.15, 0.2) is 5.43 Å². The molecule has 8 nitrogen and oxygen atoms in total. The van der Waals surface area contributed by atoms with Crippen LogP contribution < -0.4 is 20.4 Å². The summed E-state index contributed by atoms with van der Waals surface area (Å²) in [5.74, 6) is 0.143. The lowest BCUT2D eigenvalue weighted by Crippen LogP contribution is -2.49. The Hall–Kier alpha value is -3.81. The average Bonchev–Trinajstić information content (AvgIpc) is 2.98. The lowest BCUT2D eigenvalue weighted by Gasteiger charge is -2.34. The van der Waals surface area contributed by atoms with Crippen molar-refractivity contribution < 1.29 is 23.8 Å². The van der Waals surface area contributed by atoms with E-state index in [0.29, 0.717) is 23.4 Å². The summed E-state index contributed by atoms with van der Waals surface area (Å²) in [6.07, 6.45) is 11.8. The smallest absolute Gasteiger partial charge is 0.248 e. The van der Waals surface area contributed by atoms with Crippen molar-refractivity contribution >= 4 is 28.5 Å². The van der Waals surface area contributed by atoms with Crippen LogP contribution in [0.5, 0.6) is 11.5 Å². The average molecular weight is 547 g/mol. The number of nitrogens with one attached hydrogen (secondary N) is 1. The minimum absolute atomic E-state index is 0.0218. The van der Waals surface area contributed by atoms with Gasteiger partial charge in [0, 0.05) is 18.2 Å². The van der Waals surface area contributed by atoms with E-state index in [4.69, 9.17) is 9.15 Å². The number of methoxy groups -OCH3 is 1. The first-order valence-electron chi connectivity index (χ1n) is 14.5. The molecule has 2 aromatic carbocycles. The Morgan fingerprint density at radius 3 is 2.35 bits per heavy atom. The van der Waals surface area contributed by atoms with Crippen LogP contribution in [0.15, 0.2) is 57.9 Å². The number of ether oxygens (including phenoxy) is 1. The minimum Gasteiger partial charge on any atom is -0.508 e. The van der Waals surface area contributed by atoms with Crippen LogP contribution >= 0.6 is 0 Å². The van der Waals surface area contributed by atoms with Gasteiger partial charge in [-0.1, -0.05) is 38.5 Å². The monoisotopic (exact) mass is 546 g/mol. The van der Waals surface area contributed by atoms with Crippen LogP contribution in [0, 0.1) is 5.92 Å². The van der Waals surface area contributed by atoms with E-state index in [1.54, 1.807) is 31.4 Å². The third kappa shape index (κ3) is 6.16. The summed E-state index contributed by atoms with van der Waals surface area (Å²) >= 11 is 0. The fourth-order valence-corrected chi connectivity index (χ4v) is 6.16. The molecule has 5 rings (SSSR count). The van der Waals surface area contributed by atoms with Crippen molar-refractivity contribution in [2.24, 2.45) is 5.92 Å². The quantitative estimate of drug-likeness (QED) is 0.359. The molecule has 2 N–H and O–H groups in total. The van der Waals surface area contributed by atoms with E-state index >= 15 is 0 Å². The number of carbonyl (C=O) groups is 2. The van der Waals surface area contributed by atoms with Gasteiger partial charge in [0.1, 0.15) is 29.4 Å². The first-order valence-corrected chi connectivity index (χ1v) is 14.5. The third-order valence-corrected chi connectivity index (χ3v) is 8.34. The summed E-state index contributed by atoms with van der Waals surface area (Å²) in [5.41, 5.74) is 0.396. The Bertz CT molecular complexity index is 1390. The first kappa shape index (κ1) is 27.7. The van der Waals surface area contributed by atoms with Gasteiger partial charge in [-0.2, -0.15) is 0 Å². The van der Waals surface area contributed by atoms with Crippen LogP contribution in [-0.4, -0.2) is 30.1 Å². The van der Waals surface area contributed by atoms with Crippen molar-refractivity contribution in [3.63, 3.8) is 0 Å². The molecule has 1 atom stereocenters. The number of nitrogens with zero attached hydrogens (tertiary/aromatic N) is 1. The zero-order chi connectivity index (χ0) is 28.1. The number of anilines is 1. The van der Waals surface area contributed by atoms with Crippen molar-refractivity contribution in [2.45, 2.75) is 82.7 Å². The van der Waals surface area contributed by atoms with Gasteiger partial charge in [0.25, 0.3) is 0 Å². The van der Waals surface area contributed by atoms with Crippen molar-refractivity contribution in [1.82, 2.24) is 5.32 Å².